The van der Waals surface area contributed by atoms with Crippen LogP contribution in [0, 0.1) is 11.8 Å². The van der Waals surface area contributed by atoms with Crippen molar-refractivity contribution in [1.29, 1.82) is 0 Å². The van der Waals surface area contributed by atoms with Crippen LogP contribution in [-0.2, 0) is 4.79 Å². The molecule has 3 atom stereocenters. The second-order valence-electron chi connectivity index (χ2n) is 3.85. The third kappa shape index (κ3) is 2.81. The first kappa shape index (κ1) is 10.1. The standard InChI is InChI=1S/C10H18OS/c1-8-7-9(2)12-6-4-10(8)3-5-11/h5,8-10H,3-4,6-7H2,1-2H3/t8?,9-,10?/m1/s1. The van der Waals surface area contributed by atoms with Crippen LogP contribution in [0.3, 0.4) is 0 Å². The molecular weight excluding hydrogens is 168 g/mol. The maximum absolute atomic E-state index is 10.4. The molecule has 1 aliphatic rings. The Hall–Kier alpha value is 0.0200. The van der Waals surface area contributed by atoms with Crippen molar-refractivity contribution in [3.63, 3.8) is 0 Å². The van der Waals surface area contributed by atoms with Gasteiger partial charge in [0.15, 0.2) is 0 Å². The van der Waals surface area contributed by atoms with E-state index in [9.17, 15) is 4.79 Å². The molecule has 0 spiro atoms. The van der Waals surface area contributed by atoms with E-state index in [1.54, 1.807) is 0 Å². The number of hydrogen-bond donors (Lipinski definition) is 0. The summed E-state index contributed by atoms with van der Waals surface area (Å²) in [6.07, 6.45) is 4.37. The average molecular weight is 186 g/mol. The molecule has 12 heavy (non-hydrogen) atoms. The number of carbonyl (C=O) groups excluding carboxylic acids is 1. The molecule has 2 unspecified atom stereocenters. The largest absolute Gasteiger partial charge is 0.303 e. The molecule has 1 nitrogen and oxygen atoms in total. The van der Waals surface area contributed by atoms with Crippen molar-refractivity contribution >= 4 is 18.0 Å². The molecule has 0 aromatic heterocycles. The molecule has 0 N–H and O–H groups in total. The van der Waals surface area contributed by atoms with Gasteiger partial charge >= 0.3 is 0 Å². The van der Waals surface area contributed by atoms with Crippen molar-refractivity contribution in [2.24, 2.45) is 11.8 Å². The van der Waals surface area contributed by atoms with Crippen LogP contribution in [0.25, 0.3) is 0 Å². The molecule has 1 rings (SSSR count). The predicted molar refractivity (Wildman–Crippen MR) is 54.5 cm³/mol. The Bertz CT molecular complexity index is 147. The highest BCUT2D eigenvalue weighted by Gasteiger charge is 2.22. The molecule has 0 aliphatic carbocycles. The maximum Gasteiger partial charge on any atom is 0.120 e. The lowest BCUT2D eigenvalue weighted by Gasteiger charge is -2.19. The Balaban J connectivity index is 2.45. The molecule has 0 aromatic rings. The zero-order valence-electron chi connectivity index (χ0n) is 7.95. The molecule has 70 valence electrons. The minimum absolute atomic E-state index is 0.653. The lowest BCUT2D eigenvalue weighted by atomic mass is 9.86. The SMILES string of the molecule is CC1C[C@@H](C)SCCC1CC=O. The topological polar surface area (TPSA) is 17.1 Å². The summed E-state index contributed by atoms with van der Waals surface area (Å²) in [7, 11) is 0. The highest BCUT2D eigenvalue weighted by atomic mass is 32.2. The summed E-state index contributed by atoms with van der Waals surface area (Å²) in [5.41, 5.74) is 0. The van der Waals surface area contributed by atoms with Crippen molar-refractivity contribution < 1.29 is 4.79 Å². The minimum Gasteiger partial charge on any atom is -0.303 e. The van der Waals surface area contributed by atoms with E-state index in [4.69, 9.17) is 0 Å². The highest BCUT2D eigenvalue weighted by molar-refractivity contribution is 7.99. The van der Waals surface area contributed by atoms with Gasteiger partial charge in [-0.2, -0.15) is 11.8 Å². The third-order valence-electron chi connectivity index (χ3n) is 2.80. The van der Waals surface area contributed by atoms with Crippen molar-refractivity contribution in [2.45, 2.75) is 38.4 Å². The molecule has 0 radical (unpaired) electrons. The van der Waals surface area contributed by atoms with Crippen molar-refractivity contribution in [3.05, 3.63) is 0 Å². The Morgan fingerprint density at radius 1 is 1.50 bits per heavy atom. The number of thioether (sulfide) groups is 1. The van der Waals surface area contributed by atoms with Gasteiger partial charge < -0.3 is 4.79 Å². The van der Waals surface area contributed by atoms with Gasteiger partial charge in [-0.3, -0.25) is 0 Å². The summed E-state index contributed by atoms with van der Waals surface area (Å²) in [6, 6.07) is 0. The smallest absolute Gasteiger partial charge is 0.120 e. The van der Waals surface area contributed by atoms with Crippen LogP contribution in [0.2, 0.25) is 0 Å². The number of hydrogen-bond acceptors (Lipinski definition) is 2. The van der Waals surface area contributed by atoms with E-state index in [-0.39, 0.29) is 0 Å². The van der Waals surface area contributed by atoms with Gasteiger partial charge in [-0.25, -0.2) is 0 Å². The molecule has 1 aliphatic heterocycles. The summed E-state index contributed by atoms with van der Waals surface area (Å²) >= 11 is 2.06. The van der Waals surface area contributed by atoms with Gasteiger partial charge in [-0.05, 0) is 30.4 Å². The molecule has 1 fully saturated rings. The van der Waals surface area contributed by atoms with Crippen molar-refractivity contribution in [3.8, 4) is 0 Å². The summed E-state index contributed by atoms with van der Waals surface area (Å²) in [5, 5.41) is 0.789. The zero-order chi connectivity index (χ0) is 8.97. The fourth-order valence-corrected chi connectivity index (χ4v) is 3.24. The van der Waals surface area contributed by atoms with Crippen molar-refractivity contribution in [2.75, 3.05) is 5.75 Å². The van der Waals surface area contributed by atoms with Crippen LogP contribution in [-0.4, -0.2) is 17.3 Å². The Labute approximate surface area is 79.3 Å². The molecular formula is C10H18OS. The van der Waals surface area contributed by atoms with Gasteiger partial charge in [-0.1, -0.05) is 13.8 Å². The lowest BCUT2D eigenvalue weighted by Crippen LogP contribution is -2.13. The molecule has 0 bridgehead atoms. The molecule has 0 aromatic carbocycles. The zero-order valence-corrected chi connectivity index (χ0v) is 8.77. The van der Waals surface area contributed by atoms with Crippen LogP contribution >= 0.6 is 11.8 Å². The minimum atomic E-state index is 0.653. The Kier molecular flexibility index (Phi) is 4.13. The summed E-state index contributed by atoms with van der Waals surface area (Å²) in [4.78, 5) is 10.4. The first-order valence-electron chi connectivity index (χ1n) is 4.79. The fourth-order valence-electron chi connectivity index (χ4n) is 1.96. The number of carbonyl (C=O) groups is 1. The van der Waals surface area contributed by atoms with Crippen LogP contribution < -0.4 is 0 Å². The van der Waals surface area contributed by atoms with Crippen LogP contribution in [0.5, 0.6) is 0 Å². The van der Waals surface area contributed by atoms with E-state index in [0.717, 1.165) is 23.9 Å². The van der Waals surface area contributed by atoms with Gasteiger partial charge in [0.1, 0.15) is 6.29 Å². The second kappa shape index (κ2) is 4.90. The Morgan fingerprint density at radius 2 is 2.25 bits per heavy atom. The summed E-state index contributed by atoms with van der Waals surface area (Å²) < 4.78 is 0. The van der Waals surface area contributed by atoms with Crippen LogP contribution in [0.15, 0.2) is 0 Å². The molecule has 2 heteroatoms. The molecule has 1 heterocycles. The first-order valence-corrected chi connectivity index (χ1v) is 5.84. The van der Waals surface area contributed by atoms with Crippen LogP contribution in [0.1, 0.15) is 33.1 Å². The summed E-state index contributed by atoms with van der Waals surface area (Å²) in [6.45, 7) is 4.58. The monoisotopic (exact) mass is 186 g/mol. The van der Waals surface area contributed by atoms with E-state index < -0.39 is 0 Å². The molecule has 0 amide bonds. The first-order chi connectivity index (χ1) is 5.74. The highest BCUT2D eigenvalue weighted by Crippen LogP contribution is 2.33. The second-order valence-corrected chi connectivity index (χ2v) is 5.39. The molecule has 0 saturated carbocycles. The van der Waals surface area contributed by atoms with E-state index >= 15 is 0 Å². The fraction of sp³-hybridized carbons (Fsp3) is 0.900. The maximum atomic E-state index is 10.4. The van der Waals surface area contributed by atoms with Gasteiger partial charge in [-0.15, -0.1) is 0 Å². The van der Waals surface area contributed by atoms with E-state index in [2.05, 4.69) is 25.6 Å². The van der Waals surface area contributed by atoms with E-state index in [1.807, 2.05) is 0 Å². The van der Waals surface area contributed by atoms with Gasteiger partial charge in [0, 0.05) is 11.7 Å². The number of rotatable bonds is 2. The van der Waals surface area contributed by atoms with E-state index in [0.29, 0.717) is 5.92 Å². The molecule has 1 saturated heterocycles. The normalized spacial score (nSPS) is 37.3. The average Bonchev–Trinajstić information content (AvgIpc) is 2.15. The lowest BCUT2D eigenvalue weighted by molar-refractivity contribution is -0.109. The van der Waals surface area contributed by atoms with Crippen LogP contribution in [0.4, 0.5) is 0 Å². The predicted octanol–water partition coefficient (Wildman–Crippen LogP) is 2.74. The van der Waals surface area contributed by atoms with Gasteiger partial charge in [0.25, 0.3) is 0 Å². The van der Waals surface area contributed by atoms with Gasteiger partial charge in [0.2, 0.25) is 0 Å². The summed E-state index contributed by atoms with van der Waals surface area (Å²) in [5.74, 6) is 2.63. The van der Waals surface area contributed by atoms with E-state index in [1.165, 1.54) is 18.6 Å². The quantitative estimate of drug-likeness (QED) is 0.617. The number of aldehydes is 1. The third-order valence-corrected chi connectivity index (χ3v) is 4.03. The Morgan fingerprint density at radius 3 is 2.92 bits per heavy atom. The van der Waals surface area contributed by atoms with Crippen molar-refractivity contribution in [1.82, 2.24) is 0 Å². The van der Waals surface area contributed by atoms with Gasteiger partial charge in [0.05, 0.1) is 0 Å².